The van der Waals surface area contributed by atoms with Crippen LogP contribution in [0.3, 0.4) is 0 Å². The molecule has 1 fully saturated rings. The van der Waals surface area contributed by atoms with Crippen molar-refractivity contribution in [1.29, 1.82) is 0 Å². The van der Waals surface area contributed by atoms with Crippen LogP contribution in [0.15, 0.2) is 23.1 Å². The highest BCUT2D eigenvalue weighted by Crippen LogP contribution is 2.12. The number of aromatic nitrogens is 4. The molecule has 3 rings (SSSR count). The molecule has 0 atom stereocenters. The first-order chi connectivity index (χ1) is 8.92. The summed E-state index contributed by atoms with van der Waals surface area (Å²) in [5.74, 6) is 1.15. The fourth-order valence-corrected chi connectivity index (χ4v) is 1.91. The molecule has 1 saturated heterocycles. The topological polar surface area (TPSA) is 80.0 Å². The lowest BCUT2D eigenvalue weighted by molar-refractivity contribution is 0.203. The summed E-state index contributed by atoms with van der Waals surface area (Å²) in [7, 11) is 0. The lowest BCUT2D eigenvalue weighted by Gasteiger charge is -2.25. The van der Waals surface area contributed by atoms with Crippen molar-refractivity contribution in [3.8, 4) is 11.5 Å². The van der Waals surface area contributed by atoms with Crippen molar-refractivity contribution in [2.75, 3.05) is 26.2 Å². The molecule has 0 radical (unpaired) electrons. The van der Waals surface area contributed by atoms with E-state index in [4.69, 9.17) is 4.52 Å². The molecular formula is C11H14N6O. The van der Waals surface area contributed by atoms with Crippen LogP contribution in [0, 0.1) is 0 Å². The van der Waals surface area contributed by atoms with Crippen LogP contribution in [0.2, 0.25) is 0 Å². The predicted octanol–water partition coefficient (Wildman–Crippen LogP) is -0.0682. The van der Waals surface area contributed by atoms with Crippen LogP contribution in [0.25, 0.3) is 11.5 Å². The fraction of sp³-hybridized carbons (Fsp3) is 0.455. The third-order valence-corrected chi connectivity index (χ3v) is 2.85. The summed E-state index contributed by atoms with van der Waals surface area (Å²) in [6.45, 7) is 4.72. The highest BCUT2D eigenvalue weighted by Gasteiger charge is 2.15. The molecule has 0 bridgehead atoms. The van der Waals surface area contributed by atoms with Crippen molar-refractivity contribution < 1.29 is 4.52 Å². The summed E-state index contributed by atoms with van der Waals surface area (Å²) in [5.41, 5.74) is 0.681. The van der Waals surface area contributed by atoms with Crippen molar-refractivity contribution in [2.24, 2.45) is 0 Å². The van der Waals surface area contributed by atoms with Gasteiger partial charge in [0.05, 0.1) is 6.54 Å². The predicted molar refractivity (Wildman–Crippen MR) is 63.5 cm³/mol. The van der Waals surface area contributed by atoms with Gasteiger partial charge in [-0.15, -0.1) is 0 Å². The van der Waals surface area contributed by atoms with Gasteiger partial charge >= 0.3 is 0 Å². The van der Waals surface area contributed by atoms with E-state index in [0.29, 0.717) is 24.0 Å². The Morgan fingerprint density at radius 2 is 2.22 bits per heavy atom. The Kier molecular flexibility index (Phi) is 3.24. The van der Waals surface area contributed by atoms with Gasteiger partial charge < -0.3 is 9.84 Å². The van der Waals surface area contributed by atoms with E-state index < -0.39 is 0 Å². The van der Waals surface area contributed by atoms with Crippen LogP contribution in [0.1, 0.15) is 5.89 Å². The molecule has 0 spiro atoms. The summed E-state index contributed by atoms with van der Waals surface area (Å²) >= 11 is 0. The van der Waals surface area contributed by atoms with Crippen LogP contribution in [0.4, 0.5) is 0 Å². The van der Waals surface area contributed by atoms with E-state index in [1.807, 2.05) is 0 Å². The molecule has 1 aliphatic heterocycles. The molecule has 0 aliphatic carbocycles. The largest absolute Gasteiger partial charge is 0.337 e. The molecule has 2 aromatic heterocycles. The van der Waals surface area contributed by atoms with Crippen LogP contribution in [-0.4, -0.2) is 51.2 Å². The molecule has 0 aromatic carbocycles. The van der Waals surface area contributed by atoms with Gasteiger partial charge in [0.1, 0.15) is 12.0 Å². The van der Waals surface area contributed by atoms with Crippen LogP contribution in [0.5, 0.6) is 0 Å². The Bertz CT molecular complexity index is 493. The number of nitrogens with one attached hydrogen (secondary N) is 1. The van der Waals surface area contributed by atoms with Crippen molar-refractivity contribution in [1.82, 2.24) is 30.3 Å². The van der Waals surface area contributed by atoms with Crippen molar-refractivity contribution in [2.45, 2.75) is 6.54 Å². The minimum Gasteiger partial charge on any atom is -0.337 e. The molecule has 0 unspecified atom stereocenters. The van der Waals surface area contributed by atoms with Gasteiger partial charge in [-0.1, -0.05) is 5.16 Å². The van der Waals surface area contributed by atoms with E-state index in [-0.39, 0.29) is 0 Å². The van der Waals surface area contributed by atoms with Gasteiger partial charge in [0.15, 0.2) is 0 Å². The zero-order chi connectivity index (χ0) is 12.2. The number of hydrogen-bond donors (Lipinski definition) is 1. The first-order valence-corrected chi connectivity index (χ1v) is 5.94. The summed E-state index contributed by atoms with van der Waals surface area (Å²) in [6, 6.07) is 1.76. The van der Waals surface area contributed by atoms with E-state index in [2.05, 4.69) is 30.3 Å². The van der Waals surface area contributed by atoms with Crippen molar-refractivity contribution in [3.05, 3.63) is 24.5 Å². The maximum absolute atomic E-state index is 5.24. The molecule has 94 valence electrons. The van der Waals surface area contributed by atoms with E-state index in [9.17, 15) is 0 Å². The van der Waals surface area contributed by atoms with Gasteiger partial charge in [-0.2, -0.15) is 4.98 Å². The number of nitrogens with zero attached hydrogens (tertiary/aromatic N) is 5. The summed E-state index contributed by atoms with van der Waals surface area (Å²) < 4.78 is 5.24. The highest BCUT2D eigenvalue weighted by atomic mass is 16.5. The van der Waals surface area contributed by atoms with Gasteiger partial charge in [0.2, 0.25) is 11.7 Å². The zero-order valence-corrected chi connectivity index (χ0v) is 9.91. The fourth-order valence-electron chi connectivity index (χ4n) is 1.91. The minimum atomic E-state index is 0.516. The van der Waals surface area contributed by atoms with Gasteiger partial charge in [-0.3, -0.25) is 4.90 Å². The van der Waals surface area contributed by atoms with Gasteiger partial charge in [-0.05, 0) is 6.07 Å². The average Bonchev–Trinajstić information content (AvgIpc) is 2.89. The van der Waals surface area contributed by atoms with Gasteiger partial charge in [-0.25, -0.2) is 9.97 Å². The number of rotatable bonds is 3. The monoisotopic (exact) mass is 246 g/mol. The smallest absolute Gasteiger partial charge is 0.241 e. The SMILES string of the molecule is c1cc(-c2noc(CN3CCNCC3)n2)ncn1. The normalized spacial score (nSPS) is 16.9. The Morgan fingerprint density at radius 1 is 1.33 bits per heavy atom. The molecule has 3 heterocycles. The number of hydrogen-bond acceptors (Lipinski definition) is 7. The maximum atomic E-state index is 5.24. The average molecular weight is 246 g/mol. The zero-order valence-electron chi connectivity index (χ0n) is 9.91. The molecule has 18 heavy (non-hydrogen) atoms. The minimum absolute atomic E-state index is 0.516. The lowest BCUT2D eigenvalue weighted by atomic mass is 10.3. The highest BCUT2D eigenvalue weighted by molar-refractivity contribution is 5.46. The van der Waals surface area contributed by atoms with Crippen LogP contribution in [-0.2, 0) is 6.54 Å². The summed E-state index contributed by atoms with van der Waals surface area (Å²) in [5, 5.41) is 7.24. The van der Waals surface area contributed by atoms with Gasteiger partial charge in [0.25, 0.3) is 0 Å². The van der Waals surface area contributed by atoms with Crippen molar-refractivity contribution in [3.63, 3.8) is 0 Å². The molecule has 0 amide bonds. The maximum Gasteiger partial charge on any atom is 0.241 e. The Balaban J connectivity index is 1.69. The first-order valence-electron chi connectivity index (χ1n) is 5.94. The number of piperazine rings is 1. The molecule has 0 saturated carbocycles. The third kappa shape index (κ3) is 2.52. The summed E-state index contributed by atoms with van der Waals surface area (Å²) in [4.78, 5) is 14.6. The second-order valence-corrected chi connectivity index (χ2v) is 4.13. The molecule has 2 aromatic rings. The van der Waals surface area contributed by atoms with Crippen molar-refractivity contribution >= 4 is 0 Å². The van der Waals surface area contributed by atoms with Gasteiger partial charge in [0, 0.05) is 32.4 Å². The van der Waals surface area contributed by atoms with E-state index in [0.717, 1.165) is 26.2 Å². The first kappa shape index (κ1) is 11.2. The van der Waals surface area contributed by atoms with E-state index in [1.54, 1.807) is 12.3 Å². The quantitative estimate of drug-likeness (QED) is 0.812. The molecular weight excluding hydrogens is 232 g/mol. The molecule has 1 N–H and O–H groups in total. The molecule has 7 heteroatoms. The van der Waals surface area contributed by atoms with Crippen LogP contribution < -0.4 is 5.32 Å². The molecule has 1 aliphatic rings. The van der Waals surface area contributed by atoms with E-state index in [1.165, 1.54) is 6.33 Å². The standard InChI is InChI=1S/C11H14N6O/c1-2-13-8-14-9(1)11-15-10(18-16-11)7-17-5-3-12-4-6-17/h1-2,8,12H,3-7H2. The van der Waals surface area contributed by atoms with Crippen LogP contribution >= 0.6 is 0 Å². The Labute approximate surface area is 104 Å². The van der Waals surface area contributed by atoms with E-state index >= 15 is 0 Å². The second-order valence-electron chi connectivity index (χ2n) is 4.13. The summed E-state index contributed by atoms with van der Waals surface area (Å²) in [6.07, 6.45) is 3.14. The molecule has 7 nitrogen and oxygen atoms in total. The Morgan fingerprint density at radius 3 is 3.00 bits per heavy atom. The third-order valence-electron chi connectivity index (χ3n) is 2.85. The Hall–Kier alpha value is -1.86. The second kappa shape index (κ2) is 5.19. The lowest BCUT2D eigenvalue weighted by Crippen LogP contribution is -2.42.